The molecule has 0 saturated carbocycles. The Balaban J connectivity index is 1.64. The zero-order valence-corrected chi connectivity index (χ0v) is 18.3. The topological polar surface area (TPSA) is 83.9 Å². The van der Waals surface area contributed by atoms with Gasteiger partial charge < -0.3 is 28.5 Å². The third kappa shape index (κ3) is 6.11. The molecule has 3 aromatic heterocycles. The molecule has 0 aromatic carbocycles. The maximum atomic E-state index is 12.8. The largest absolute Gasteiger partial charge is 0.459 e. The average molecular weight is 427 g/mol. The van der Waals surface area contributed by atoms with Crippen molar-refractivity contribution in [2.45, 2.75) is 26.4 Å². The smallest absolute Gasteiger partial charge is 0.289 e. The van der Waals surface area contributed by atoms with Gasteiger partial charge in [-0.15, -0.1) is 0 Å². The molecule has 166 valence electrons. The summed E-state index contributed by atoms with van der Waals surface area (Å²) < 4.78 is 13.0. The number of furan rings is 2. The molecule has 3 aromatic rings. The van der Waals surface area contributed by atoms with Gasteiger partial charge in [0.2, 0.25) is 0 Å². The lowest BCUT2D eigenvalue weighted by atomic mass is 10.3. The van der Waals surface area contributed by atoms with Crippen LogP contribution < -0.4 is 5.32 Å². The molecular weight excluding hydrogens is 396 g/mol. The molecule has 0 spiro atoms. The Kier molecular flexibility index (Phi) is 7.72. The Morgan fingerprint density at radius 3 is 2.61 bits per heavy atom. The van der Waals surface area contributed by atoms with E-state index in [0.717, 1.165) is 18.7 Å². The van der Waals surface area contributed by atoms with E-state index < -0.39 is 0 Å². The number of likely N-dealkylation sites (N-methyl/N-ethyl adjacent to an activating group) is 1. The maximum absolute atomic E-state index is 12.8. The van der Waals surface area contributed by atoms with Crippen LogP contribution in [0.2, 0.25) is 0 Å². The van der Waals surface area contributed by atoms with Gasteiger partial charge in [-0.3, -0.25) is 9.59 Å². The predicted molar refractivity (Wildman–Crippen MR) is 117 cm³/mol. The van der Waals surface area contributed by atoms with E-state index in [1.807, 2.05) is 54.9 Å². The Hall–Kier alpha value is -3.26. The molecule has 0 saturated heterocycles. The van der Waals surface area contributed by atoms with Gasteiger partial charge in [0.1, 0.15) is 5.76 Å². The third-order valence-electron chi connectivity index (χ3n) is 4.85. The third-order valence-corrected chi connectivity index (χ3v) is 4.85. The normalized spacial score (nSPS) is 11.1. The number of aromatic nitrogens is 1. The minimum absolute atomic E-state index is 0.130. The monoisotopic (exact) mass is 426 g/mol. The molecule has 0 atom stereocenters. The Morgan fingerprint density at radius 2 is 1.90 bits per heavy atom. The summed E-state index contributed by atoms with van der Waals surface area (Å²) in [6, 6.07) is 10.8. The summed E-state index contributed by atoms with van der Waals surface area (Å²) in [6.45, 7) is 4.91. The van der Waals surface area contributed by atoms with Crippen LogP contribution in [0, 0.1) is 0 Å². The molecule has 0 aliphatic rings. The van der Waals surface area contributed by atoms with Gasteiger partial charge in [0.25, 0.3) is 11.8 Å². The zero-order valence-electron chi connectivity index (χ0n) is 18.3. The zero-order chi connectivity index (χ0) is 22.2. The minimum atomic E-state index is -0.223. The van der Waals surface area contributed by atoms with Crippen molar-refractivity contribution in [3.05, 3.63) is 71.8 Å². The van der Waals surface area contributed by atoms with Crippen molar-refractivity contribution in [1.82, 2.24) is 19.7 Å². The van der Waals surface area contributed by atoms with E-state index >= 15 is 0 Å². The summed E-state index contributed by atoms with van der Waals surface area (Å²) in [5, 5.41) is 2.85. The van der Waals surface area contributed by atoms with E-state index in [0.29, 0.717) is 43.5 Å². The molecule has 0 aliphatic heterocycles. The van der Waals surface area contributed by atoms with Gasteiger partial charge in [0.15, 0.2) is 11.5 Å². The van der Waals surface area contributed by atoms with Crippen molar-refractivity contribution in [2.24, 2.45) is 0 Å². The lowest BCUT2D eigenvalue weighted by Crippen LogP contribution is -2.32. The van der Waals surface area contributed by atoms with Crippen LogP contribution in [0.4, 0.5) is 0 Å². The van der Waals surface area contributed by atoms with Gasteiger partial charge in [-0.1, -0.05) is 6.92 Å². The number of nitrogens with zero attached hydrogens (tertiary/aromatic N) is 3. The summed E-state index contributed by atoms with van der Waals surface area (Å²) in [7, 11) is 3.91. The average Bonchev–Trinajstić information content (AvgIpc) is 3.50. The summed E-state index contributed by atoms with van der Waals surface area (Å²) in [6.07, 6.45) is 4.29. The second-order valence-electron chi connectivity index (χ2n) is 7.66. The van der Waals surface area contributed by atoms with E-state index in [-0.39, 0.29) is 11.8 Å². The van der Waals surface area contributed by atoms with E-state index in [2.05, 4.69) is 5.32 Å². The van der Waals surface area contributed by atoms with Gasteiger partial charge >= 0.3 is 0 Å². The molecule has 0 fully saturated rings. The molecule has 1 N–H and O–H groups in total. The van der Waals surface area contributed by atoms with Gasteiger partial charge in [0.05, 0.1) is 19.4 Å². The number of hydrogen-bond acceptors (Lipinski definition) is 5. The second kappa shape index (κ2) is 10.7. The van der Waals surface area contributed by atoms with Crippen molar-refractivity contribution < 1.29 is 18.4 Å². The highest BCUT2D eigenvalue weighted by molar-refractivity contribution is 5.91. The van der Waals surface area contributed by atoms with Gasteiger partial charge in [-0.2, -0.15) is 0 Å². The molecule has 3 rings (SSSR count). The first-order valence-corrected chi connectivity index (χ1v) is 10.5. The predicted octanol–water partition coefficient (Wildman–Crippen LogP) is 3.07. The lowest BCUT2D eigenvalue weighted by Gasteiger charge is -2.22. The number of hydrogen-bond donors (Lipinski definition) is 1. The first kappa shape index (κ1) is 22.4. The molecule has 0 bridgehead atoms. The molecule has 0 radical (unpaired) electrons. The second-order valence-corrected chi connectivity index (χ2v) is 7.66. The summed E-state index contributed by atoms with van der Waals surface area (Å²) >= 11 is 0. The van der Waals surface area contributed by atoms with E-state index in [1.165, 1.54) is 6.26 Å². The van der Waals surface area contributed by atoms with Crippen LogP contribution in [-0.4, -0.2) is 59.9 Å². The molecular formula is C23H30N4O4. The van der Waals surface area contributed by atoms with Crippen molar-refractivity contribution in [3.63, 3.8) is 0 Å². The molecule has 8 heteroatoms. The van der Waals surface area contributed by atoms with Crippen LogP contribution in [0.5, 0.6) is 0 Å². The fourth-order valence-electron chi connectivity index (χ4n) is 3.25. The number of carbonyl (C=O) groups is 2. The van der Waals surface area contributed by atoms with Crippen molar-refractivity contribution in [2.75, 3.05) is 33.7 Å². The molecule has 0 unspecified atom stereocenters. The van der Waals surface area contributed by atoms with Crippen LogP contribution in [0.1, 0.15) is 45.9 Å². The quantitative estimate of drug-likeness (QED) is 0.509. The van der Waals surface area contributed by atoms with Gasteiger partial charge in [0, 0.05) is 31.5 Å². The molecule has 0 aliphatic carbocycles. The fourth-order valence-corrected chi connectivity index (χ4v) is 3.25. The molecule has 31 heavy (non-hydrogen) atoms. The van der Waals surface area contributed by atoms with Crippen LogP contribution in [0.25, 0.3) is 0 Å². The summed E-state index contributed by atoms with van der Waals surface area (Å²) in [5.74, 6) is 0.952. The van der Waals surface area contributed by atoms with Crippen LogP contribution >= 0.6 is 0 Å². The van der Waals surface area contributed by atoms with Crippen LogP contribution in [0.3, 0.4) is 0 Å². The van der Waals surface area contributed by atoms with E-state index in [4.69, 9.17) is 8.83 Å². The molecule has 3 heterocycles. The van der Waals surface area contributed by atoms with Gasteiger partial charge in [-0.05, 0) is 56.9 Å². The first-order chi connectivity index (χ1) is 15.0. The fraction of sp³-hybridized carbons (Fsp3) is 0.391. The minimum Gasteiger partial charge on any atom is -0.459 e. The Labute approximate surface area is 182 Å². The van der Waals surface area contributed by atoms with Crippen LogP contribution in [-0.2, 0) is 13.1 Å². The number of carbonyl (C=O) groups excluding carboxylic acids is 2. The lowest BCUT2D eigenvalue weighted by molar-refractivity contribution is 0.0707. The SMILES string of the molecule is CCCN(Cc1cccn1Cc1ccc(C(=O)NCCN(C)C)o1)C(=O)c1ccco1. The van der Waals surface area contributed by atoms with Crippen molar-refractivity contribution in [3.8, 4) is 0 Å². The van der Waals surface area contributed by atoms with Crippen LogP contribution in [0.15, 0.2) is 57.7 Å². The first-order valence-electron chi connectivity index (χ1n) is 10.5. The van der Waals surface area contributed by atoms with E-state index in [1.54, 1.807) is 23.1 Å². The van der Waals surface area contributed by atoms with Crippen molar-refractivity contribution >= 4 is 11.8 Å². The Morgan fingerprint density at radius 1 is 1.06 bits per heavy atom. The summed E-state index contributed by atoms with van der Waals surface area (Å²) in [5.41, 5.74) is 0.974. The summed E-state index contributed by atoms with van der Waals surface area (Å²) in [4.78, 5) is 28.8. The molecule has 8 nitrogen and oxygen atoms in total. The van der Waals surface area contributed by atoms with Gasteiger partial charge in [-0.25, -0.2) is 0 Å². The Bertz CT molecular complexity index is 972. The highest BCUT2D eigenvalue weighted by atomic mass is 16.4. The molecule has 2 amide bonds. The number of rotatable bonds is 11. The van der Waals surface area contributed by atoms with Crippen molar-refractivity contribution in [1.29, 1.82) is 0 Å². The number of amides is 2. The maximum Gasteiger partial charge on any atom is 0.289 e. The highest BCUT2D eigenvalue weighted by Gasteiger charge is 2.19. The van der Waals surface area contributed by atoms with E-state index in [9.17, 15) is 9.59 Å². The number of nitrogens with one attached hydrogen (secondary N) is 1. The highest BCUT2D eigenvalue weighted by Crippen LogP contribution is 2.15. The standard InChI is InChI=1S/C23H30N4O4/c1-4-12-27(23(29)21-8-6-15-30-21)16-18-7-5-13-26(18)17-19-9-10-20(31-19)22(28)24-11-14-25(2)3/h5-10,13,15H,4,11-12,14,16-17H2,1-3H3,(H,24,28).